The molecule has 23 heavy (non-hydrogen) atoms. The quantitative estimate of drug-likeness (QED) is 0.892. The molecule has 7 heteroatoms. The monoisotopic (exact) mass is 319 g/mol. The smallest absolute Gasteiger partial charge is 0.341 e. The predicted molar refractivity (Wildman–Crippen MR) is 85.6 cm³/mol. The highest BCUT2D eigenvalue weighted by Crippen LogP contribution is 2.31. The van der Waals surface area contributed by atoms with E-state index in [0.29, 0.717) is 24.3 Å². The number of aromatic nitrogens is 1. The summed E-state index contributed by atoms with van der Waals surface area (Å²) in [6, 6.07) is 2.74. The van der Waals surface area contributed by atoms with E-state index in [1.54, 1.807) is 10.6 Å². The maximum absolute atomic E-state index is 14.5. The molecule has 0 spiro atoms. The molecule has 0 bridgehead atoms. The fraction of sp³-hybridized carbons (Fsp3) is 0.375. The van der Waals surface area contributed by atoms with Gasteiger partial charge in [-0.2, -0.15) is 0 Å². The Morgan fingerprint density at radius 1 is 1.48 bits per heavy atom. The first-order valence-electron chi connectivity index (χ1n) is 7.47. The van der Waals surface area contributed by atoms with Crippen molar-refractivity contribution in [3.8, 4) is 0 Å². The molecule has 122 valence electrons. The predicted octanol–water partition coefficient (Wildman–Crippen LogP) is 1.39. The number of benzene rings is 1. The lowest BCUT2D eigenvalue weighted by atomic mass is 9.97. The van der Waals surface area contributed by atoms with E-state index in [0.717, 1.165) is 6.07 Å². The van der Waals surface area contributed by atoms with Crippen molar-refractivity contribution in [3.63, 3.8) is 0 Å². The van der Waals surface area contributed by atoms with Crippen molar-refractivity contribution in [1.29, 1.82) is 0 Å². The lowest BCUT2D eigenvalue weighted by Crippen LogP contribution is -2.63. The third kappa shape index (κ3) is 2.28. The number of halogens is 1. The van der Waals surface area contributed by atoms with Crippen LogP contribution < -0.4 is 16.1 Å². The number of carboxylic acids is 1. The molecule has 1 fully saturated rings. The Balaban J connectivity index is 2.26. The standard InChI is InChI=1S/C16H18FN3O3/c1-3-19-6-10(16(22)23)15(21)9-4-11(17)14(5-13(9)19)20-7-12(18)8(20)2/h4-6,8,12H,3,7,18H2,1-2H3,(H,22,23). The molecule has 0 amide bonds. The Morgan fingerprint density at radius 2 is 2.17 bits per heavy atom. The van der Waals surface area contributed by atoms with Crippen LogP contribution in [-0.4, -0.2) is 34.3 Å². The van der Waals surface area contributed by atoms with Gasteiger partial charge in [-0.05, 0) is 26.0 Å². The third-order valence-electron chi connectivity index (χ3n) is 4.55. The van der Waals surface area contributed by atoms with E-state index in [-0.39, 0.29) is 23.0 Å². The zero-order chi connectivity index (χ0) is 16.9. The highest BCUT2D eigenvalue weighted by atomic mass is 19.1. The zero-order valence-corrected chi connectivity index (χ0v) is 12.9. The van der Waals surface area contributed by atoms with Crippen molar-refractivity contribution in [2.75, 3.05) is 11.4 Å². The van der Waals surface area contributed by atoms with Gasteiger partial charge in [-0.3, -0.25) is 4.79 Å². The Hall–Kier alpha value is -2.41. The molecule has 0 saturated carbocycles. The van der Waals surface area contributed by atoms with Gasteiger partial charge in [-0.25, -0.2) is 9.18 Å². The Labute approximate surface area is 131 Å². The minimum Gasteiger partial charge on any atom is -0.477 e. The highest BCUT2D eigenvalue weighted by molar-refractivity contribution is 5.93. The number of rotatable bonds is 3. The third-order valence-corrected chi connectivity index (χ3v) is 4.55. The Kier molecular flexibility index (Phi) is 3.60. The van der Waals surface area contributed by atoms with E-state index < -0.39 is 17.2 Å². The van der Waals surface area contributed by atoms with Crippen molar-refractivity contribution in [1.82, 2.24) is 4.57 Å². The molecule has 0 radical (unpaired) electrons. The van der Waals surface area contributed by atoms with Gasteiger partial charge in [-0.1, -0.05) is 0 Å². The van der Waals surface area contributed by atoms with Crippen LogP contribution in [0.1, 0.15) is 24.2 Å². The summed E-state index contributed by atoms with van der Waals surface area (Å²) in [5.74, 6) is -1.86. The molecule has 0 aliphatic carbocycles. The van der Waals surface area contributed by atoms with Gasteiger partial charge in [-0.15, -0.1) is 0 Å². The van der Waals surface area contributed by atoms with Gasteiger partial charge in [0, 0.05) is 36.8 Å². The van der Waals surface area contributed by atoms with Crippen LogP contribution in [-0.2, 0) is 6.54 Å². The van der Waals surface area contributed by atoms with Crippen LogP contribution in [0.2, 0.25) is 0 Å². The maximum Gasteiger partial charge on any atom is 0.341 e. The van der Waals surface area contributed by atoms with Gasteiger partial charge in [0.15, 0.2) is 0 Å². The molecule has 3 N–H and O–H groups in total. The molecule has 1 aromatic carbocycles. The number of hydrogen-bond acceptors (Lipinski definition) is 4. The molecule has 2 heterocycles. The molecule has 2 atom stereocenters. The second-order valence-corrected chi connectivity index (χ2v) is 5.84. The topological polar surface area (TPSA) is 88.6 Å². The molecule has 2 aromatic rings. The average Bonchev–Trinajstić information content (AvgIpc) is 2.52. The first-order chi connectivity index (χ1) is 10.8. The Morgan fingerprint density at radius 3 is 2.70 bits per heavy atom. The van der Waals surface area contributed by atoms with Crippen molar-refractivity contribution in [2.24, 2.45) is 5.73 Å². The van der Waals surface area contributed by atoms with Gasteiger partial charge in [0.1, 0.15) is 11.4 Å². The number of aryl methyl sites for hydroxylation is 1. The summed E-state index contributed by atoms with van der Waals surface area (Å²) < 4.78 is 16.1. The van der Waals surface area contributed by atoms with E-state index in [4.69, 9.17) is 10.8 Å². The summed E-state index contributed by atoms with van der Waals surface area (Å²) in [4.78, 5) is 25.3. The SMILES string of the molecule is CCn1cc(C(=O)O)c(=O)c2cc(F)c(N3CC(N)C3C)cc21. The first kappa shape index (κ1) is 15.5. The van der Waals surface area contributed by atoms with Crippen LogP contribution in [0.4, 0.5) is 10.1 Å². The number of fused-ring (bicyclic) bond motifs is 1. The summed E-state index contributed by atoms with van der Waals surface area (Å²) in [6.45, 7) is 4.77. The number of anilines is 1. The number of nitrogens with zero attached hydrogens (tertiary/aromatic N) is 2. The second-order valence-electron chi connectivity index (χ2n) is 5.84. The van der Waals surface area contributed by atoms with Gasteiger partial charge < -0.3 is 20.3 Å². The number of carboxylic acid groups (broad SMARTS) is 1. The number of hydrogen-bond donors (Lipinski definition) is 2. The molecule has 3 rings (SSSR count). The lowest BCUT2D eigenvalue weighted by molar-refractivity contribution is 0.0695. The maximum atomic E-state index is 14.5. The molecule has 2 unspecified atom stereocenters. The minimum atomic E-state index is -1.31. The summed E-state index contributed by atoms with van der Waals surface area (Å²) in [5.41, 5.74) is 5.74. The van der Waals surface area contributed by atoms with Crippen LogP contribution in [0, 0.1) is 5.82 Å². The number of pyridine rings is 1. The lowest BCUT2D eigenvalue weighted by Gasteiger charge is -2.46. The first-order valence-corrected chi connectivity index (χ1v) is 7.47. The summed E-state index contributed by atoms with van der Waals surface area (Å²) >= 11 is 0. The molecule has 6 nitrogen and oxygen atoms in total. The summed E-state index contributed by atoms with van der Waals surface area (Å²) in [5, 5.41) is 9.21. The van der Waals surface area contributed by atoms with E-state index >= 15 is 0 Å². The average molecular weight is 319 g/mol. The summed E-state index contributed by atoms with van der Waals surface area (Å²) in [6.07, 6.45) is 1.31. The van der Waals surface area contributed by atoms with Crippen LogP contribution in [0.15, 0.2) is 23.1 Å². The van der Waals surface area contributed by atoms with Crippen molar-refractivity contribution < 1.29 is 14.3 Å². The van der Waals surface area contributed by atoms with Crippen molar-refractivity contribution >= 4 is 22.6 Å². The molecule has 1 aromatic heterocycles. The van der Waals surface area contributed by atoms with Gasteiger partial charge in [0.25, 0.3) is 0 Å². The molecular weight excluding hydrogens is 301 g/mol. The molecule has 1 aliphatic rings. The summed E-state index contributed by atoms with van der Waals surface area (Å²) in [7, 11) is 0. The number of nitrogens with two attached hydrogens (primary N) is 1. The van der Waals surface area contributed by atoms with E-state index in [2.05, 4.69) is 0 Å². The van der Waals surface area contributed by atoms with Crippen molar-refractivity contribution in [3.05, 3.63) is 39.9 Å². The van der Waals surface area contributed by atoms with Crippen molar-refractivity contribution in [2.45, 2.75) is 32.5 Å². The second kappa shape index (κ2) is 5.34. The molecule has 1 aliphatic heterocycles. The zero-order valence-electron chi connectivity index (χ0n) is 12.9. The van der Waals surface area contributed by atoms with Crippen LogP contribution in [0.3, 0.4) is 0 Å². The number of aromatic carboxylic acids is 1. The van der Waals surface area contributed by atoms with E-state index in [1.807, 2.05) is 18.7 Å². The van der Waals surface area contributed by atoms with Gasteiger partial charge in [0.2, 0.25) is 5.43 Å². The molecular formula is C16H18FN3O3. The Bertz CT molecular complexity index is 862. The van der Waals surface area contributed by atoms with E-state index in [1.165, 1.54) is 6.20 Å². The molecule has 1 saturated heterocycles. The fourth-order valence-electron chi connectivity index (χ4n) is 2.99. The van der Waals surface area contributed by atoms with E-state index in [9.17, 15) is 14.0 Å². The number of carbonyl (C=O) groups is 1. The fourth-order valence-corrected chi connectivity index (χ4v) is 2.99. The van der Waals surface area contributed by atoms with Crippen LogP contribution in [0.5, 0.6) is 0 Å². The van der Waals surface area contributed by atoms with Crippen LogP contribution >= 0.6 is 0 Å². The largest absolute Gasteiger partial charge is 0.477 e. The minimum absolute atomic E-state index is 0.00662. The normalized spacial score (nSPS) is 20.6. The highest BCUT2D eigenvalue weighted by Gasteiger charge is 2.34. The van der Waals surface area contributed by atoms with Gasteiger partial charge >= 0.3 is 5.97 Å². The van der Waals surface area contributed by atoms with Gasteiger partial charge in [0.05, 0.1) is 11.2 Å². The van der Waals surface area contributed by atoms with Crippen LogP contribution in [0.25, 0.3) is 10.9 Å².